The quantitative estimate of drug-likeness (QED) is 0.428. The largest absolute Gasteiger partial charge is 0.269 e. The molecule has 1 aromatic carbocycles. The van der Waals surface area contributed by atoms with Crippen molar-refractivity contribution >= 4 is 17.5 Å². The van der Waals surface area contributed by atoms with Crippen LogP contribution in [-0.2, 0) is 9.59 Å². The van der Waals surface area contributed by atoms with Gasteiger partial charge >= 0.3 is 0 Å². The number of rotatable bonds is 1. The van der Waals surface area contributed by atoms with Crippen molar-refractivity contribution in [3.8, 4) is 0 Å². The summed E-state index contributed by atoms with van der Waals surface area (Å²) in [5.41, 5.74) is -1.34. The van der Waals surface area contributed by atoms with Gasteiger partial charge in [-0.1, -0.05) is 0 Å². The third kappa shape index (κ3) is 1.59. The van der Waals surface area contributed by atoms with Gasteiger partial charge in [-0.25, -0.2) is 22.5 Å². The van der Waals surface area contributed by atoms with Crippen LogP contribution < -0.4 is 4.90 Å². The summed E-state index contributed by atoms with van der Waals surface area (Å²) in [7, 11) is 0. The van der Waals surface area contributed by atoms with E-state index in [0.29, 0.717) is 0 Å². The van der Waals surface area contributed by atoms with Crippen LogP contribution in [0.5, 0.6) is 0 Å². The second-order valence-corrected chi connectivity index (χ2v) is 3.16. The molecule has 3 nitrogen and oxygen atoms in total. The number of hydrogen-bond donors (Lipinski definition) is 0. The molecule has 0 radical (unpaired) electrons. The van der Waals surface area contributed by atoms with Gasteiger partial charge in [-0.2, -0.15) is 0 Å². The van der Waals surface area contributed by atoms with Crippen molar-refractivity contribution < 1.29 is 27.2 Å². The van der Waals surface area contributed by atoms with E-state index in [0.717, 1.165) is 12.2 Å². The highest BCUT2D eigenvalue weighted by molar-refractivity contribution is 6.28. The lowest BCUT2D eigenvalue weighted by Crippen LogP contribution is -2.32. The average molecular weight is 245 g/mol. The van der Waals surface area contributed by atoms with Crippen LogP contribution in [0, 0.1) is 23.3 Å². The number of halogens is 4. The number of hydrogen-bond acceptors (Lipinski definition) is 2. The molecule has 17 heavy (non-hydrogen) atoms. The zero-order chi connectivity index (χ0) is 12.7. The van der Waals surface area contributed by atoms with Gasteiger partial charge in [0, 0.05) is 18.2 Å². The smallest absolute Gasteiger partial charge is 0.258 e. The molecule has 1 heterocycles. The Kier molecular flexibility index (Phi) is 2.45. The van der Waals surface area contributed by atoms with Crippen molar-refractivity contribution in [2.75, 3.05) is 4.90 Å². The van der Waals surface area contributed by atoms with Crippen molar-refractivity contribution in [2.45, 2.75) is 0 Å². The third-order valence-electron chi connectivity index (χ3n) is 2.12. The van der Waals surface area contributed by atoms with Gasteiger partial charge in [-0.15, -0.1) is 0 Å². The van der Waals surface area contributed by atoms with Crippen LogP contribution in [0.2, 0.25) is 0 Å². The maximum absolute atomic E-state index is 13.3. The zero-order valence-electron chi connectivity index (χ0n) is 8.01. The van der Waals surface area contributed by atoms with Crippen molar-refractivity contribution in [3.05, 3.63) is 41.5 Å². The highest BCUT2D eigenvalue weighted by Crippen LogP contribution is 2.29. The Hall–Kier alpha value is -2.18. The monoisotopic (exact) mass is 245 g/mol. The van der Waals surface area contributed by atoms with E-state index in [-0.39, 0.29) is 11.0 Å². The van der Waals surface area contributed by atoms with Crippen molar-refractivity contribution in [2.24, 2.45) is 0 Å². The Morgan fingerprint density at radius 3 is 1.65 bits per heavy atom. The van der Waals surface area contributed by atoms with E-state index in [9.17, 15) is 27.2 Å². The molecule has 2 amide bonds. The molecule has 0 aliphatic carbocycles. The number of amides is 2. The van der Waals surface area contributed by atoms with Crippen molar-refractivity contribution in [1.29, 1.82) is 0 Å². The first-order valence-electron chi connectivity index (χ1n) is 4.32. The molecular formula is C10H3F4NO2. The van der Waals surface area contributed by atoms with Gasteiger partial charge in [-0.3, -0.25) is 9.59 Å². The molecule has 1 aromatic rings. The third-order valence-corrected chi connectivity index (χ3v) is 2.12. The maximum Gasteiger partial charge on any atom is 0.258 e. The highest BCUT2D eigenvalue weighted by Gasteiger charge is 2.33. The van der Waals surface area contributed by atoms with Crippen LogP contribution in [0.3, 0.4) is 0 Å². The molecule has 0 saturated heterocycles. The molecule has 0 bridgehead atoms. The molecule has 0 aromatic heterocycles. The number of anilines is 1. The summed E-state index contributed by atoms with van der Waals surface area (Å²) in [5, 5.41) is 0. The normalized spacial score (nSPS) is 14.9. The summed E-state index contributed by atoms with van der Waals surface area (Å²) in [6, 6.07) is -0.00732. The van der Waals surface area contributed by atoms with Crippen molar-refractivity contribution in [3.63, 3.8) is 0 Å². The molecule has 0 spiro atoms. The molecule has 0 fully saturated rings. The van der Waals surface area contributed by atoms with Gasteiger partial charge in [0.25, 0.3) is 11.8 Å². The van der Waals surface area contributed by atoms with Gasteiger partial charge in [0.2, 0.25) is 0 Å². The van der Waals surface area contributed by atoms with Gasteiger partial charge in [0.1, 0.15) is 5.69 Å². The minimum absolute atomic E-state index is 0.00732. The van der Waals surface area contributed by atoms with Crippen molar-refractivity contribution in [1.82, 2.24) is 0 Å². The Bertz CT molecular complexity index is 524. The Morgan fingerprint density at radius 1 is 0.824 bits per heavy atom. The van der Waals surface area contributed by atoms with E-state index >= 15 is 0 Å². The molecule has 0 unspecified atom stereocenters. The second-order valence-electron chi connectivity index (χ2n) is 3.16. The van der Waals surface area contributed by atoms with Crippen LogP contribution in [0.4, 0.5) is 23.2 Å². The number of imide groups is 1. The summed E-state index contributed by atoms with van der Waals surface area (Å²) in [6.07, 6.45) is 1.48. The fourth-order valence-corrected chi connectivity index (χ4v) is 1.38. The van der Waals surface area contributed by atoms with Gasteiger partial charge in [0.15, 0.2) is 23.3 Å². The number of carbonyl (C=O) groups is 2. The minimum atomic E-state index is -1.80. The van der Waals surface area contributed by atoms with E-state index < -0.39 is 40.8 Å². The molecule has 2 rings (SSSR count). The Morgan fingerprint density at radius 2 is 1.24 bits per heavy atom. The minimum Gasteiger partial charge on any atom is -0.269 e. The van der Waals surface area contributed by atoms with Crippen LogP contribution in [0.1, 0.15) is 0 Å². The van der Waals surface area contributed by atoms with E-state index in [4.69, 9.17) is 0 Å². The second kappa shape index (κ2) is 3.69. The van der Waals surface area contributed by atoms with Crippen LogP contribution >= 0.6 is 0 Å². The van der Waals surface area contributed by atoms with Gasteiger partial charge < -0.3 is 0 Å². The summed E-state index contributed by atoms with van der Waals surface area (Å²) < 4.78 is 52.3. The topological polar surface area (TPSA) is 37.4 Å². The lowest BCUT2D eigenvalue weighted by Gasteiger charge is -2.15. The molecular weight excluding hydrogens is 242 g/mol. The van der Waals surface area contributed by atoms with E-state index in [2.05, 4.69) is 0 Å². The lowest BCUT2D eigenvalue weighted by atomic mass is 10.2. The first-order valence-corrected chi connectivity index (χ1v) is 4.32. The molecule has 1 aliphatic rings. The first-order chi connectivity index (χ1) is 7.93. The summed E-state index contributed by atoms with van der Waals surface area (Å²) in [5.74, 6) is -9.11. The number of benzene rings is 1. The zero-order valence-corrected chi connectivity index (χ0v) is 8.01. The molecule has 7 heteroatoms. The number of nitrogens with zero attached hydrogens (tertiary/aromatic N) is 1. The summed E-state index contributed by atoms with van der Waals surface area (Å²) in [6.45, 7) is 0. The van der Waals surface area contributed by atoms with Crippen LogP contribution in [0.25, 0.3) is 0 Å². The standard InChI is InChI=1S/C10H3F4NO2/c11-4-3-5(12)9(14)10(8(4)13)15-6(16)1-2-7(15)17/h1-3H. The van der Waals surface area contributed by atoms with E-state index in [1.807, 2.05) is 0 Å². The fraction of sp³-hybridized carbons (Fsp3) is 0. The van der Waals surface area contributed by atoms with Gasteiger partial charge in [0.05, 0.1) is 0 Å². The molecule has 0 atom stereocenters. The first kappa shape index (κ1) is 11.3. The van der Waals surface area contributed by atoms with Crippen LogP contribution in [-0.4, -0.2) is 11.8 Å². The summed E-state index contributed by atoms with van der Waals surface area (Å²) >= 11 is 0. The Balaban J connectivity index is 2.67. The molecule has 0 N–H and O–H groups in total. The Labute approximate surface area is 91.9 Å². The molecule has 88 valence electrons. The number of carbonyl (C=O) groups excluding carboxylic acids is 2. The predicted octanol–water partition coefficient (Wildman–Crippen LogP) is 1.67. The van der Waals surface area contributed by atoms with E-state index in [1.165, 1.54) is 0 Å². The lowest BCUT2D eigenvalue weighted by molar-refractivity contribution is -0.120. The summed E-state index contributed by atoms with van der Waals surface area (Å²) in [4.78, 5) is 22.3. The fourth-order valence-electron chi connectivity index (χ4n) is 1.38. The molecule has 1 aliphatic heterocycles. The van der Waals surface area contributed by atoms with E-state index in [1.54, 1.807) is 0 Å². The maximum atomic E-state index is 13.3. The molecule has 0 saturated carbocycles. The van der Waals surface area contributed by atoms with Crippen LogP contribution in [0.15, 0.2) is 18.2 Å². The van der Waals surface area contributed by atoms with Gasteiger partial charge in [-0.05, 0) is 0 Å². The SMILES string of the molecule is O=C1C=CC(=O)N1c1c(F)c(F)cc(F)c1F. The highest BCUT2D eigenvalue weighted by atomic mass is 19.2. The average Bonchev–Trinajstić information content (AvgIpc) is 2.58. The predicted molar refractivity (Wildman–Crippen MR) is 47.9 cm³/mol.